The van der Waals surface area contributed by atoms with Crippen LogP contribution in [0, 0.1) is 0 Å². The third-order valence-electron chi connectivity index (χ3n) is 3.57. The number of carbonyl (C=O) groups excluding carboxylic acids is 1. The lowest BCUT2D eigenvalue weighted by Gasteiger charge is -2.30. The molecule has 0 aromatic heterocycles. The van der Waals surface area contributed by atoms with E-state index in [9.17, 15) is 18.0 Å². The molecule has 1 atom stereocenters. The van der Waals surface area contributed by atoms with Gasteiger partial charge >= 0.3 is 6.18 Å². The second-order valence-electron chi connectivity index (χ2n) is 6.04. The van der Waals surface area contributed by atoms with Gasteiger partial charge in [-0.05, 0) is 38.5 Å². The predicted octanol–water partition coefficient (Wildman–Crippen LogP) is 2.78. The van der Waals surface area contributed by atoms with E-state index in [0.717, 1.165) is 5.56 Å². The lowest BCUT2D eigenvalue weighted by Crippen LogP contribution is -2.46. The summed E-state index contributed by atoms with van der Waals surface area (Å²) in [5, 5.41) is 2.69. The fraction of sp³-hybridized carbons (Fsp3) is 0.562. The zero-order chi connectivity index (χ0) is 18.0. The number of amides is 1. The molecule has 1 aromatic carbocycles. The monoisotopic (exact) mass is 347 g/mol. The lowest BCUT2D eigenvalue weighted by atomic mass is 9.93. The molecule has 1 aromatic rings. The maximum absolute atomic E-state index is 12.2. The van der Waals surface area contributed by atoms with Crippen molar-refractivity contribution in [1.29, 1.82) is 0 Å². The number of rotatable bonds is 5. The van der Waals surface area contributed by atoms with Gasteiger partial charge in [-0.1, -0.05) is 6.07 Å². The second-order valence-corrected chi connectivity index (χ2v) is 6.04. The minimum absolute atomic E-state index is 0.436. The standard InChI is InChI=1S/C16H20F3NO4/c1-10(24-9-16(17,18)19)14(21)20-15(2,3)11-4-5-12-13(8-11)23-7-6-22-12/h4-5,8,10H,6-7,9H2,1-3H3,(H,20,21). The third kappa shape index (κ3) is 4.77. The normalized spacial score (nSPS) is 15.8. The highest BCUT2D eigenvalue weighted by atomic mass is 19.4. The first kappa shape index (κ1) is 18.4. The van der Waals surface area contributed by atoms with Crippen molar-refractivity contribution >= 4 is 5.91 Å². The van der Waals surface area contributed by atoms with Crippen LogP contribution in [0.2, 0.25) is 0 Å². The Morgan fingerprint density at radius 1 is 1.25 bits per heavy atom. The highest BCUT2D eigenvalue weighted by Crippen LogP contribution is 2.34. The summed E-state index contributed by atoms with van der Waals surface area (Å²) in [6, 6.07) is 5.26. The summed E-state index contributed by atoms with van der Waals surface area (Å²) in [6.07, 6.45) is -5.69. The molecule has 1 amide bonds. The van der Waals surface area contributed by atoms with E-state index in [-0.39, 0.29) is 0 Å². The van der Waals surface area contributed by atoms with Crippen molar-refractivity contribution in [2.45, 2.75) is 38.6 Å². The van der Waals surface area contributed by atoms with Crippen LogP contribution in [0.15, 0.2) is 18.2 Å². The molecule has 0 radical (unpaired) electrons. The minimum Gasteiger partial charge on any atom is -0.486 e. The highest BCUT2D eigenvalue weighted by Gasteiger charge is 2.32. The number of alkyl halides is 3. The average Bonchev–Trinajstić information content (AvgIpc) is 2.51. The summed E-state index contributed by atoms with van der Waals surface area (Å²) in [7, 11) is 0. The SMILES string of the molecule is CC(OCC(F)(F)F)C(=O)NC(C)(C)c1ccc2c(c1)OCCO2. The fourth-order valence-electron chi connectivity index (χ4n) is 2.21. The molecule has 0 bridgehead atoms. The third-order valence-corrected chi connectivity index (χ3v) is 3.57. The second kappa shape index (κ2) is 6.88. The zero-order valence-electron chi connectivity index (χ0n) is 13.7. The van der Waals surface area contributed by atoms with Gasteiger partial charge in [0.2, 0.25) is 5.91 Å². The number of fused-ring (bicyclic) bond motifs is 1. The summed E-state index contributed by atoms with van der Waals surface area (Å²) >= 11 is 0. The number of carbonyl (C=O) groups is 1. The Labute approximate surface area is 138 Å². The van der Waals surface area contributed by atoms with Gasteiger partial charge in [0, 0.05) is 0 Å². The van der Waals surface area contributed by atoms with Gasteiger partial charge < -0.3 is 19.5 Å². The largest absolute Gasteiger partial charge is 0.486 e. The first-order valence-corrected chi connectivity index (χ1v) is 7.49. The van der Waals surface area contributed by atoms with Crippen molar-refractivity contribution in [3.8, 4) is 11.5 Å². The van der Waals surface area contributed by atoms with Crippen LogP contribution in [0.25, 0.3) is 0 Å². The van der Waals surface area contributed by atoms with Crippen molar-refractivity contribution < 1.29 is 32.2 Å². The van der Waals surface area contributed by atoms with Crippen LogP contribution in [-0.4, -0.2) is 38.0 Å². The molecule has 134 valence electrons. The number of ether oxygens (including phenoxy) is 3. The topological polar surface area (TPSA) is 56.8 Å². The summed E-state index contributed by atoms with van der Waals surface area (Å²) in [5.74, 6) is 0.565. The zero-order valence-corrected chi connectivity index (χ0v) is 13.7. The van der Waals surface area contributed by atoms with Crippen LogP contribution >= 0.6 is 0 Å². The first-order valence-electron chi connectivity index (χ1n) is 7.49. The summed E-state index contributed by atoms with van der Waals surface area (Å²) < 4.78 is 52.0. The molecule has 0 fully saturated rings. The number of hydrogen-bond acceptors (Lipinski definition) is 4. The highest BCUT2D eigenvalue weighted by molar-refractivity contribution is 5.81. The van der Waals surface area contributed by atoms with Crippen LogP contribution in [-0.2, 0) is 15.1 Å². The number of nitrogens with one attached hydrogen (secondary N) is 1. The number of benzene rings is 1. The molecule has 0 aliphatic carbocycles. The Hall–Kier alpha value is -1.96. The van der Waals surface area contributed by atoms with E-state index in [2.05, 4.69) is 10.1 Å². The molecule has 8 heteroatoms. The van der Waals surface area contributed by atoms with Crippen molar-refractivity contribution in [2.24, 2.45) is 0 Å². The Balaban J connectivity index is 2.03. The van der Waals surface area contributed by atoms with Gasteiger partial charge in [0.1, 0.15) is 25.9 Å². The van der Waals surface area contributed by atoms with Gasteiger partial charge in [-0.15, -0.1) is 0 Å². The molecule has 1 aliphatic rings. The van der Waals surface area contributed by atoms with Gasteiger partial charge in [0.25, 0.3) is 0 Å². The average molecular weight is 347 g/mol. The Bertz CT molecular complexity index is 601. The maximum atomic E-state index is 12.2. The smallest absolute Gasteiger partial charge is 0.411 e. The van der Waals surface area contributed by atoms with E-state index in [1.54, 1.807) is 32.0 Å². The van der Waals surface area contributed by atoms with Gasteiger partial charge in [0.05, 0.1) is 5.54 Å². The molecular weight excluding hydrogens is 327 g/mol. The number of halogens is 3. The van der Waals surface area contributed by atoms with Gasteiger partial charge in [-0.3, -0.25) is 4.79 Å². The molecular formula is C16H20F3NO4. The molecule has 1 heterocycles. The molecule has 1 N–H and O–H groups in total. The van der Waals surface area contributed by atoms with Crippen molar-refractivity contribution in [2.75, 3.05) is 19.8 Å². The molecule has 0 spiro atoms. The van der Waals surface area contributed by atoms with E-state index in [1.165, 1.54) is 6.92 Å². The predicted molar refractivity (Wildman–Crippen MR) is 80.1 cm³/mol. The lowest BCUT2D eigenvalue weighted by molar-refractivity contribution is -0.186. The molecule has 24 heavy (non-hydrogen) atoms. The van der Waals surface area contributed by atoms with Crippen LogP contribution in [0.1, 0.15) is 26.3 Å². The van der Waals surface area contributed by atoms with E-state index < -0.39 is 30.3 Å². The van der Waals surface area contributed by atoms with Crippen LogP contribution in [0.3, 0.4) is 0 Å². The van der Waals surface area contributed by atoms with Crippen LogP contribution in [0.4, 0.5) is 13.2 Å². The maximum Gasteiger partial charge on any atom is 0.411 e. The van der Waals surface area contributed by atoms with Crippen molar-refractivity contribution in [1.82, 2.24) is 5.32 Å². The van der Waals surface area contributed by atoms with E-state index in [4.69, 9.17) is 9.47 Å². The summed E-state index contributed by atoms with van der Waals surface area (Å²) in [4.78, 5) is 12.1. The summed E-state index contributed by atoms with van der Waals surface area (Å²) in [5.41, 5.74) is -0.0777. The molecule has 1 aliphatic heterocycles. The van der Waals surface area contributed by atoms with E-state index in [1.807, 2.05) is 0 Å². The van der Waals surface area contributed by atoms with Crippen LogP contribution in [0.5, 0.6) is 11.5 Å². The molecule has 1 unspecified atom stereocenters. The van der Waals surface area contributed by atoms with Gasteiger partial charge in [0.15, 0.2) is 11.5 Å². The Morgan fingerprint density at radius 3 is 2.50 bits per heavy atom. The van der Waals surface area contributed by atoms with Crippen LogP contribution < -0.4 is 14.8 Å². The first-order chi connectivity index (χ1) is 11.1. The Kier molecular flexibility index (Phi) is 5.27. The quantitative estimate of drug-likeness (QED) is 0.890. The molecule has 0 saturated heterocycles. The van der Waals surface area contributed by atoms with Crippen molar-refractivity contribution in [3.05, 3.63) is 23.8 Å². The van der Waals surface area contributed by atoms with E-state index >= 15 is 0 Å². The Morgan fingerprint density at radius 2 is 1.88 bits per heavy atom. The fourth-order valence-corrected chi connectivity index (χ4v) is 2.21. The summed E-state index contributed by atoms with van der Waals surface area (Å²) in [6.45, 7) is 4.21. The number of hydrogen-bond donors (Lipinski definition) is 1. The van der Waals surface area contributed by atoms with Gasteiger partial charge in [-0.2, -0.15) is 13.2 Å². The molecule has 2 rings (SSSR count). The minimum atomic E-state index is -4.47. The molecule has 0 saturated carbocycles. The molecule has 5 nitrogen and oxygen atoms in total. The van der Waals surface area contributed by atoms with Crippen molar-refractivity contribution in [3.63, 3.8) is 0 Å². The van der Waals surface area contributed by atoms with E-state index in [0.29, 0.717) is 24.7 Å². The van der Waals surface area contributed by atoms with Gasteiger partial charge in [-0.25, -0.2) is 0 Å².